The summed E-state index contributed by atoms with van der Waals surface area (Å²) >= 11 is 8.30. The van der Waals surface area contributed by atoms with E-state index < -0.39 is 34.9 Å². The minimum Gasteiger partial charge on any atom is -0.477 e. The molecule has 208 valence electrons. The van der Waals surface area contributed by atoms with E-state index in [-0.39, 0.29) is 45.9 Å². The SMILES string of the molecule is Nc1cc(/C(=N/O)C(=O)N[C@@H]2C(=O)N3C(C(=O)O)=C(/C=C4\CCN(C5CNC(CO)C5)C4=O)CS[C@H]23)c(Cl)s1. The van der Waals surface area contributed by atoms with Crippen LogP contribution >= 0.6 is 34.7 Å². The number of carbonyl (C=O) groups is 4. The van der Waals surface area contributed by atoms with E-state index in [1.807, 2.05) is 0 Å². The number of nitrogens with zero attached hydrogens (tertiary/aromatic N) is 3. The van der Waals surface area contributed by atoms with E-state index in [1.54, 1.807) is 11.0 Å². The van der Waals surface area contributed by atoms with Gasteiger partial charge in [-0.25, -0.2) is 4.79 Å². The molecule has 2 unspecified atom stereocenters. The summed E-state index contributed by atoms with van der Waals surface area (Å²) in [6.07, 6.45) is 2.63. The molecule has 0 aliphatic carbocycles. The van der Waals surface area contributed by atoms with Gasteiger partial charge in [0.1, 0.15) is 21.4 Å². The molecule has 5 rings (SSSR count). The second-order valence-corrected chi connectivity index (χ2v) is 12.2. The molecule has 1 aromatic heterocycles. The number of β-lactam (4-membered cyclic amide) rings is 1. The Balaban J connectivity index is 1.32. The number of amides is 3. The van der Waals surface area contributed by atoms with Gasteiger partial charge in [-0.2, -0.15) is 0 Å². The maximum absolute atomic E-state index is 13.1. The van der Waals surface area contributed by atoms with Gasteiger partial charge in [0.15, 0.2) is 5.71 Å². The molecule has 4 aliphatic rings. The number of thioether (sulfide) groups is 1. The van der Waals surface area contributed by atoms with Crippen molar-refractivity contribution in [2.75, 3.05) is 31.2 Å². The molecule has 3 saturated heterocycles. The summed E-state index contributed by atoms with van der Waals surface area (Å²) < 4.78 is 0.135. The lowest BCUT2D eigenvalue weighted by atomic mass is 10.0. The van der Waals surface area contributed by atoms with E-state index in [2.05, 4.69) is 15.8 Å². The number of carboxylic acids is 1. The standard InChI is InChI=1S/C23H25ClN6O7S2/c24-18-13(5-14(25)39-18)15(28-37)19(32)27-16-21(34)30-17(23(35)36)10(8-38-22(16)30)3-9-1-2-29(20(9)33)12-4-11(7-31)26-6-12/h3,5,11-12,16,22,26,31,37H,1-2,4,6-8,25H2,(H,27,32)(H,35,36)/b9-3+,28-15-/t11?,12?,16-,22-/m1/s1. The minimum atomic E-state index is -1.32. The Labute approximate surface area is 235 Å². The van der Waals surface area contributed by atoms with Gasteiger partial charge < -0.3 is 36.7 Å². The fourth-order valence-electron chi connectivity index (χ4n) is 5.23. The van der Waals surface area contributed by atoms with E-state index in [9.17, 15) is 34.6 Å². The number of fused-ring (bicyclic) bond motifs is 1. The van der Waals surface area contributed by atoms with Crippen molar-refractivity contribution in [2.45, 2.75) is 36.3 Å². The highest BCUT2D eigenvalue weighted by Gasteiger charge is 2.54. The largest absolute Gasteiger partial charge is 0.477 e. The van der Waals surface area contributed by atoms with Crippen LogP contribution in [-0.4, -0.2) is 104 Å². The number of hydrogen-bond acceptors (Lipinski definition) is 11. The summed E-state index contributed by atoms with van der Waals surface area (Å²) in [4.78, 5) is 54.0. The van der Waals surface area contributed by atoms with Crippen LogP contribution in [0.5, 0.6) is 0 Å². The average molecular weight is 597 g/mol. The number of nitrogens with one attached hydrogen (secondary N) is 2. The van der Waals surface area contributed by atoms with Gasteiger partial charge in [-0.1, -0.05) is 16.8 Å². The molecule has 3 amide bonds. The summed E-state index contributed by atoms with van der Waals surface area (Å²) in [6, 6.07) is 0.203. The van der Waals surface area contributed by atoms with E-state index in [0.29, 0.717) is 42.1 Å². The molecule has 0 bridgehead atoms. The first-order chi connectivity index (χ1) is 18.6. The fraction of sp³-hybridized carbons (Fsp3) is 0.435. The third-order valence-electron chi connectivity index (χ3n) is 7.13. The zero-order valence-corrected chi connectivity index (χ0v) is 22.7. The number of halogens is 1. The Morgan fingerprint density at radius 1 is 1.36 bits per heavy atom. The third kappa shape index (κ3) is 4.89. The normalized spacial score (nSPS) is 28.3. The molecule has 13 nitrogen and oxygen atoms in total. The number of carboxylic acid groups (broad SMARTS) is 1. The van der Waals surface area contributed by atoms with Crippen LogP contribution in [0.1, 0.15) is 18.4 Å². The van der Waals surface area contributed by atoms with Gasteiger partial charge in [0.05, 0.1) is 11.6 Å². The second kappa shape index (κ2) is 10.8. The zero-order valence-electron chi connectivity index (χ0n) is 20.3. The zero-order chi connectivity index (χ0) is 28.0. The van der Waals surface area contributed by atoms with Gasteiger partial charge in [0, 0.05) is 42.1 Å². The van der Waals surface area contributed by atoms with Crippen molar-refractivity contribution in [3.8, 4) is 0 Å². The van der Waals surface area contributed by atoms with Crippen LogP contribution in [0.2, 0.25) is 4.34 Å². The van der Waals surface area contributed by atoms with Gasteiger partial charge in [-0.15, -0.1) is 23.1 Å². The van der Waals surface area contributed by atoms with Gasteiger partial charge in [0.2, 0.25) is 5.91 Å². The number of nitrogens with two attached hydrogens (primary N) is 1. The molecule has 39 heavy (non-hydrogen) atoms. The Morgan fingerprint density at radius 2 is 2.13 bits per heavy atom. The number of rotatable bonds is 7. The summed E-state index contributed by atoms with van der Waals surface area (Å²) in [7, 11) is 0. The van der Waals surface area contributed by atoms with E-state index >= 15 is 0 Å². The minimum absolute atomic E-state index is 0.00967. The van der Waals surface area contributed by atoms with Crippen molar-refractivity contribution in [1.82, 2.24) is 20.4 Å². The molecule has 0 saturated carbocycles. The monoisotopic (exact) mass is 596 g/mol. The summed E-state index contributed by atoms with van der Waals surface area (Å²) in [5, 5.41) is 37.0. The molecule has 16 heteroatoms. The number of likely N-dealkylation sites (tertiary alicyclic amines) is 1. The van der Waals surface area contributed by atoms with Gasteiger partial charge >= 0.3 is 5.97 Å². The van der Waals surface area contributed by atoms with Crippen LogP contribution in [0, 0.1) is 0 Å². The van der Waals surface area contributed by atoms with E-state index in [1.165, 1.54) is 17.8 Å². The highest BCUT2D eigenvalue weighted by atomic mass is 35.5. The number of oxime groups is 1. The number of thiophene rings is 1. The van der Waals surface area contributed by atoms with E-state index in [0.717, 1.165) is 16.2 Å². The van der Waals surface area contributed by atoms with Crippen LogP contribution in [0.15, 0.2) is 34.1 Å². The number of carbonyl (C=O) groups excluding carboxylic acids is 3. The van der Waals surface area contributed by atoms with Crippen LogP contribution < -0.4 is 16.4 Å². The number of allylic oxidation sites excluding steroid dienone is 1. The first-order valence-electron chi connectivity index (χ1n) is 12.0. The molecule has 0 aromatic carbocycles. The average Bonchev–Trinajstić information content (AvgIpc) is 3.61. The Bertz CT molecular complexity index is 1340. The Morgan fingerprint density at radius 3 is 2.74 bits per heavy atom. The molecule has 4 atom stereocenters. The van der Waals surface area contributed by atoms with Crippen LogP contribution in [0.4, 0.5) is 5.00 Å². The highest BCUT2D eigenvalue weighted by Crippen LogP contribution is 2.41. The fourth-order valence-corrected chi connectivity index (χ4v) is 7.60. The van der Waals surface area contributed by atoms with Gasteiger partial charge in [-0.05, 0) is 30.6 Å². The molecule has 3 fully saturated rings. The molecule has 7 N–H and O–H groups in total. The second-order valence-electron chi connectivity index (χ2n) is 9.42. The molecule has 0 radical (unpaired) electrons. The predicted octanol–water partition coefficient (Wildman–Crippen LogP) is -0.218. The molecular formula is C23H25ClN6O7S2. The molecule has 4 aliphatic heterocycles. The summed E-state index contributed by atoms with van der Waals surface area (Å²) in [5.74, 6) is -2.82. The Kier molecular flexibility index (Phi) is 7.61. The van der Waals surface area contributed by atoms with Crippen molar-refractivity contribution in [3.63, 3.8) is 0 Å². The third-order valence-corrected chi connectivity index (χ3v) is 9.62. The first-order valence-corrected chi connectivity index (χ1v) is 14.2. The lowest BCUT2D eigenvalue weighted by molar-refractivity contribution is -0.150. The maximum atomic E-state index is 13.1. The van der Waals surface area contributed by atoms with Gasteiger partial charge in [-0.3, -0.25) is 19.3 Å². The van der Waals surface area contributed by atoms with Crippen molar-refractivity contribution >= 4 is 69.1 Å². The maximum Gasteiger partial charge on any atom is 0.352 e. The first kappa shape index (κ1) is 27.5. The summed E-state index contributed by atoms with van der Waals surface area (Å²) in [6.45, 7) is 1.06. The van der Waals surface area contributed by atoms with Gasteiger partial charge in [0.25, 0.3) is 11.8 Å². The molecular weight excluding hydrogens is 572 g/mol. The predicted molar refractivity (Wildman–Crippen MR) is 143 cm³/mol. The topological polar surface area (TPSA) is 198 Å². The molecule has 5 heterocycles. The number of nitrogen functional groups attached to an aromatic ring is 1. The van der Waals surface area contributed by atoms with Crippen LogP contribution in [0.25, 0.3) is 0 Å². The van der Waals surface area contributed by atoms with Crippen LogP contribution in [0.3, 0.4) is 0 Å². The number of aliphatic carboxylic acids is 1. The van der Waals surface area contributed by atoms with Crippen molar-refractivity contribution < 1.29 is 34.6 Å². The van der Waals surface area contributed by atoms with Crippen molar-refractivity contribution in [3.05, 3.63) is 38.9 Å². The molecule has 0 spiro atoms. The summed E-state index contributed by atoms with van der Waals surface area (Å²) in [5.41, 5.74) is 5.94. The van der Waals surface area contributed by atoms with Crippen molar-refractivity contribution in [2.24, 2.45) is 5.16 Å². The van der Waals surface area contributed by atoms with Crippen molar-refractivity contribution in [1.29, 1.82) is 0 Å². The smallest absolute Gasteiger partial charge is 0.352 e. The Hall–Kier alpha value is -3.11. The highest BCUT2D eigenvalue weighted by molar-refractivity contribution is 8.00. The number of aliphatic hydroxyl groups is 1. The lowest BCUT2D eigenvalue weighted by Crippen LogP contribution is -2.71. The number of anilines is 1. The number of hydrogen-bond donors (Lipinski definition) is 6. The number of aliphatic hydroxyl groups excluding tert-OH is 1. The lowest BCUT2D eigenvalue weighted by Gasteiger charge is -2.49. The van der Waals surface area contributed by atoms with Crippen LogP contribution in [-0.2, 0) is 19.2 Å². The van der Waals surface area contributed by atoms with E-state index in [4.69, 9.17) is 17.3 Å². The quantitative estimate of drug-likeness (QED) is 0.0804. The molecule has 1 aromatic rings.